The van der Waals surface area contributed by atoms with Gasteiger partial charge in [-0.1, -0.05) is 50.1 Å². The molecule has 0 heterocycles. The third-order valence-corrected chi connectivity index (χ3v) is 3.04. The van der Waals surface area contributed by atoms with Gasteiger partial charge in [-0.2, -0.15) is 0 Å². The third-order valence-electron chi connectivity index (χ3n) is 3.04. The van der Waals surface area contributed by atoms with E-state index >= 15 is 0 Å². The molecule has 20 heavy (non-hydrogen) atoms. The summed E-state index contributed by atoms with van der Waals surface area (Å²) in [5.74, 6) is -1.33. The fraction of sp³-hybridized carbons (Fsp3) is 0.467. The third kappa shape index (κ3) is 5.40. The van der Waals surface area contributed by atoms with E-state index < -0.39 is 12.0 Å². The maximum Gasteiger partial charge on any atom is 0.323 e. The van der Waals surface area contributed by atoms with E-state index in [1.165, 1.54) is 4.90 Å². The number of amides is 1. The molecule has 110 valence electrons. The molecule has 0 aliphatic rings. The van der Waals surface area contributed by atoms with Gasteiger partial charge in [0.15, 0.2) is 0 Å². The van der Waals surface area contributed by atoms with Gasteiger partial charge in [0, 0.05) is 6.54 Å². The second-order valence-corrected chi connectivity index (χ2v) is 4.82. The highest BCUT2D eigenvalue weighted by Crippen LogP contribution is 2.08. The first-order valence-electron chi connectivity index (χ1n) is 6.84. The molecular weight excluding hydrogens is 256 g/mol. The monoisotopic (exact) mass is 278 g/mol. The van der Waals surface area contributed by atoms with Crippen molar-refractivity contribution in [3.05, 3.63) is 35.9 Å². The lowest BCUT2D eigenvalue weighted by Crippen LogP contribution is -2.45. The Balaban J connectivity index is 2.72. The SMILES string of the molecule is CCCC[C@H](N)C(=O)N(CC(=O)O)Cc1ccccc1. The summed E-state index contributed by atoms with van der Waals surface area (Å²) in [5.41, 5.74) is 6.74. The molecule has 3 N–H and O–H groups in total. The van der Waals surface area contributed by atoms with E-state index in [-0.39, 0.29) is 19.0 Å². The highest BCUT2D eigenvalue weighted by molar-refractivity contribution is 5.85. The average molecular weight is 278 g/mol. The number of hydrogen-bond acceptors (Lipinski definition) is 3. The van der Waals surface area contributed by atoms with Crippen molar-refractivity contribution in [1.82, 2.24) is 4.90 Å². The zero-order valence-corrected chi connectivity index (χ0v) is 11.8. The van der Waals surface area contributed by atoms with Crippen LogP contribution in [0, 0.1) is 0 Å². The van der Waals surface area contributed by atoms with Crippen molar-refractivity contribution in [3.63, 3.8) is 0 Å². The molecule has 1 rings (SSSR count). The van der Waals surface area contributed by atoms with E-state index in [1.807, 2.05) is 37.3 Å². The van der Waals surface area contributed by atoms with Gasteiger partial charge in [0.05, 0.1) is 6.04 Å². The number of unbranched alkanes of at least 4 members (excludes halogenated alkanes) is 1. The highest BCUT2D eigenvalue weighted by atomic mass is 16.4. The van der Waals surface area contributed by atoms with Crippen molar-refractivity contribution >= 4 is 11.9 Å². The van der Waals surface area contributed by atoms with E-state index in [4.69, 9.17) is 10.8 Å². The Morgan fingerprint density at radius 3 is 2.50 bits per heavy atom. The minimum Gasteiger partial charge on any atom is -0.480 e. The molecule has 5 nitrogen and oxygen atoms in total. The van der Waals surface area contributed by atoms with Crippen LogP contribution in [0.2, 0.25) is 0 Å². The maximum atomic E-state index is 12.2. The van der Waals surface area contributed by atoms with Crippen molar-refractivity contribution < 1.29 is 14.7 Å². The summed E-state index contributed by atoms with van der Waals surface area (Å²) >= 11 is 0. The predicted octanol–water partition coefficient (Wildman–Crippen LogP) is 1.62. The highest BCUT2D eigenvalue weighted by Gasteiger charge is 2.22. The molecule has 0 aliphatic heterocycles. The van der Waals surface area contributed by atoms with Gasteiger partial charge in [-0.3, -0.25) is 9.59 Å². The van der Waals surface area contributed by atoms with Gasteiger partial charge < -0.3 is 15.7 Å². The number of carbonyl (C=O) groups excluding carboxylic acids is 1. The molecule has 0 spiro atoms. The van der Waals surface area contributed by atoms with Crippen LogP contribution in [-0.2, 0) is 16.1 Å². The summed E-state index contributed by atoms with van der Waals surface area (Å²) in [5, 5.41) is 8.93. The minimum absolute atomic E-state index is 0.270. The molecule has 0 aliphatic carbocycles. The molecule has 0 saturated heterocycles. The van der Waals surface area contributed by atoms with E-state index in [0.717, 1.165) is 18.4 Å². The Hall–Kier alpha value is -1.88. The molecule has 1 atom stereocenters. The van der Waals surface area contributed by atoms with Gasteiger partial charge in [0.2, 0.25) is 5.91 Å². The lowest BCUT2D eigenvalue weighted by Gasteiger charge is -2.24. The Labute approximate surface area is 119 Å². The van der Waals surface area contributed by atoms with Crippen molar-refractivity contribution in [3.8, 4) is 0 Å². The topological polar surface area (TPSA) is 83.6 Å². The molecule has 0 radical (unpaired) electrons. The van der Waals surface area contributed by atoms with Crippen LogP contribution in [-0.4, -0.2) is 34.5 Å². The molecule has 5 heteroatoms. The van der Waals surface area contributed by atoms with Crippen LogP contribution in [0.15, 0.2) is 30.3 Å². The second-order valence-electron chi connectivity index (χ2n) is 4.82. The van der Waals surface area contributed by atoms with Crippen LogP contribution in [0.1, 0.15) is 31.7 Å². The van der Waals surface area contributed by atoms with Crippen molar-refractivity contribution in [2.75, 3.05) is 6.54 Å². The largest absolute Gasteiger partial charge is 0.480 e. The first-order chi connectivity index (χ1) is 9.54. The number of carbonyl (C=O) groups is 2. The summed E-state index contributed by atoms with van der Waals surface area (Å²) in [7, 11) is 0. The molecule has 1 aromatic carbocycles. The number of carboxylic acid groups (broad SMARTS) is 1. The first-order valence-corrected chi connectivity index (χ1v) is 6.84. The van der Waals surface area contributed by atoms with Crippen LogP contribution in [0.4, 0.5) is 0 Å². The van der Waals surface area contributed by atoms with Gasteiger partial charge in [-0.05, 0) is 12.0 Å². The van der Waals surface area contributed by atoms with Crippen LogP contribution in [0.25, 0.3) is 0 Å². The van der Waals surface area contributed by atoms with E-state index in [2.05, 4.69) is 0 Å². The summed E-state index contributed by atoms with van der Waals surface area (Å²) in [4.78, 5) is 24.4. The second kappa shape index (κ2) is 8.32. The van der Waals surface area contributed by atoms with E-state index in [0.29, 0.717) is 6.42 Å². The van der Waals surface area contributed by atoms with Crippen molar-refractivity contribution in [1.29, 1.82) is 0 Å². The van der Waals surface area contributed by atoms with Gasteiger partial charge in [0.1, 0.15) is 6.54 Å². The van der Waals surface area contributed by atoms with Crippen LogP contribution in [0.3, 0.4) is 0 Å². The first kappa shape index (κ1) is 16.2. The van der Waals surface area contributed by atoms with Crippen LogP contribution < -0.4 is 5.73 Å². The zero-order chi connectivity index (χ0) is 15.0. The summed E-state index contributed by atoms with van der Waals surface area (Å²) in [6.45, 7) is 1.97. The normalized spacial score (nSPS) is 11.9. The fourth-order valence-electron chi connectivity index (χ4n) is 1.96. The molecule has 1 aromatic rings. The standard InChI is InChI=1S/C15H22N2O3/c1-2-3-9-13(16)15(20)17(11-14(18)19)10-12-7-5-4-6-8-12/h4-8,13H,2-3,9-11,16H2,1H3,(H,18,19)/t13-/m0/s1. The Kier molecular flexibility index (Phi) is 6.73. The minimum atomic E-state index is -1.03. The quantitative estimate of drug-likeness (QED) is 0.757. The molecule has 0 bridgehead atoms. The number of nitrogens with two attached hydrogens (primary N) is 1. The van der Waals surface area contributed by atoms with Crippen molar-refractivity contribution in [2.45, 2.75) is 38.8 Å². The summed E-state index contributed by atoms with van der Waals surface area (Å²) in [6, 6.07) is 8.68. The number of benzene rings is 1. The zero-order valence-electron chi connectivity index (χ0n) is 11.8. The number of aliphatic carboxylic acids is 1. The Morgan fingerprint density at radius 1 is 1.30 bits per heavy atom. The lowest BCUT2D eigenvalue weighted by atomic mass is 10.1. The van der Waals surface area contributed by atoms with Crippen molar-refractivity contribution in [2.24, 2.45) is 5.73 Å². The number of carboxylic acids is 1. The van der Waals surface area contributed by atoms with E-state index in [1.54, 1.807) is 0 Å². The molecular formula is C15H22N2O3. The molecule has 0 unspecified atom stereocenters. The summed E-state index contributed by atoms with van der Waals surface area (Å²) in [6.07, 6.45) is 2.40. The number of nitrogens with zero attached hydrogens (tertiary/aromatic N) is 1. The van der Waals surface area contributed by atoms with Gasteiger partial charge >= 0.3 is 5.97 Å². The predicted molar refractivity (Wildman–Crippen MR) is 77.0 cm³/mol. The molecule has 1 amide bonds. The Morgan fingerprint density at radius 2 is 1.95 bits per heavy atom. The number of hydrogen-bond donors (Lipinski definition) is 2. The van der Waals surface area contributed by atoms with E-state index in [9.17, 15) is 9.59 Å². The molecule has 0 aromatic heterocycles. The maximum absolute atomic E-state index is 12.2. The van der Waals surface area contributed by atoms with Gasteiger partial charge in [0.25, 0.3) is 0 Å². The smallest absolute Gasteiger partial charge is 0.323 e. The van der Waals surface area contributed by atoms with Gasteiger partial charge in [-0.15, -0.1) is 0 Å². The molecule has 0 fully saturated rings. The molecule has 0 saturated carbocycles. The van der Waals surface area contributed by atoms with Crippen LogP contribution >= 0.6 is 0 Å². The number of rotatable bonds is 8. The van der Waals surface area contributed by atoms with Crippen LogP contribution in [0.5, 0.6) is 0 Å². The lowest BCUT2D eigenvalue weighted by molar-refractivity contribution is -0.145. The Bertz CT molecular complexity index is 434. The van der Waals surface area contributed by atoms with Gasteiger partial charge in [-0.25, -0.2) is 0 Å². The fourth-order valence-corrected chi connectivity index (χ4v) is 1.96. The summed E-state index contributed by atoms with van der Waals surface area (Å²) < 4.78 is 0. The average Bonchev–Trinajstić information content (AvgIpc) is 2.44.